The lowest BCUT2D eigenvalue weighted by molar-refractivity contribution is -0.145. The quantitative estimate of drug-likeness (QED) is 0.448. The summed E-state index contributed by atoms with van der Waals surface area (Å²) in [6.07, 6.45) is 3.85. The Morgan fingerprint density at radius 2 is 1.97 bits per heavy atom. The standard InChI is InChI=1S/C22H24N2O5/c1-4-14-7-5-8-15-16(11-23-20(14)15)17(25)12-29-22(27)19(13(2)3)24-21(26)18-9-6-10-28-18/h5-11,13,19,23H,4,12H2,1-3H3,(H,24,26)/t19-/m1/s1. The molecule has 1 atom stereocenters. The highest BCUT2D eigenvalue weighted by Gasteiger charge is 2.28. The number of aromatic amines is 1. The first-order chi connectivity index (χ1) is 13.9. The van der Waals surface area contributed by atoms with E-state index in [4.69, 9.17) is 9.15 Å². The summed E-state index contributed by atoms with van der Waals surface area (Å²) in [4.78, 5) is 40.4. The number of para-hydroxylation sites is 1. The maximum Gasteiger partial charge on any atom is 0.329 e. The molecule has 7 heteroatoms. The number of furan rings is 1. The number of nitrogens with one attached hydrogen (secondary N) is 2. The minimum absolute atomic E-state index is 0.102. The Hall–Kier alpha value is -3.35. The zero-order valence-electron chi connectivity index (χ0n) is 16.7. The molecule has 7 nitrogen and oxygen atoms in total. The number of H-pyrrole nitrogens is 1. The predicted octanol–water partition coefficient (Wildman–Crippen LogP) is 3.50. The molecule has 0 fully saturated rings. The number of Topliss-reactive ketones (excluding diaryl/α,β-unsaturated/α-hetero) is 1. The molecular formula is C22H24N2O5. The Morgan fingerprint density at radius 1 is 1.17 bits per heavy atom. The molecule has 0 spiro atoms. The van der Waals surface area contributed by atoms with E-state index in [1.54, 1.807) is 26.1 Å². The van der Waals surface area contributed by atoms with Crippen molar-refractivity contribution in [2.45, 2.75) is 33.2 Å². The van der Waals surface area contributed by atoms with Crippen molar-refractivity contribution in [3.05, 3.63) is 59.7 Å². The SMILES string of the molecule is CCc1cccc2c(C(=O)COC(=O)[C@H](NC(=O)c3ccco3)C(C)C)c[nH]c12. The molecule has 29 heavy (non-hydrogen) atoms. The molecule has 0 bridgehead atoms. The summed E-state index contributed by atoms with van der Waals surface area (Å²) < 4.78 is 10.3. The summed E-state index contributed by atoms with van der Waals surface area (Å²) in [6, 6.07) is 7.96. The fourth-order valence-corrected chi connectivity index (χ4v) is 3.16. The van der Waals surface area contributed by atoms with Crippen LogP contribution in [-0.4, -0.2) is 35.3 Å². The monoisotopic (exact) mass is 396 g/mol. The van der Waals surface area contributed by atoms with Crippen LogP contribution < -0.4 is 5.32 Å². The van der Waals surface area contributed by atoms with Crippen LogP contribution in [0.5, 0.6) is 0 Å². The van der Waals surface area contributed by atoms with E-state index in [-0.39, 0.29) is 17.5 Å². The number of aromatic nitrogens is 1. The maximum atomic E-state index is 12.6. The highest BCUT2D eigenvalue weighted by atomic mass is 16.5. The minimum atomic E-state index is -0.893. The lowest BCUT2D eigenvalue weighted by atomic mass is 10.0. The van der Waals surface area contributed by atoms with Gasteiger partial charge in [-0.25, -0.2) is 4.79 Å². The van der Waals surface area contributed by atoms with Crippen LogP contribution in [0.25, 0.3) is 10.9 Å². The Kier molecular flexibility index (Phi) is 6.16. The molecule has 2 heterocycles. The first-order valence-corrected chi connectivity index (χ1v) is 9.55. The van der Waals surface area contributed by atoms with Gasteiger partial charge in [-0.2, -0.15) is 0 Å². The van der Waals surface area contributed by atoms with Gasteiger partial charge in [0.15, 0.2) is 12.4 Å². The van der Waals surface area contributed by atoms with Gasteiger partial charge < -0.3 is 19.5 Å². The number of aryl methyl sites for hydroxylation is 1. The molecule has 2 aromatic heterocycles. The molecule has 1 amide bonds. The minimum Gasteiger partial charge on any atom is -0.459 e. The third kappa shape index (κ3) is 4.39. The van der Waals surface area contributed by atoms with Gasteiger partial charge in [-0.15, -0.1) is 0 Å². The second-order valence-electron chi connectivity index (χ2n) is 7.10. The number of fused-ring (bicyclic) bond motifs is 1. The van der Waals surface area contributed by atoms with Gasteiger partial charge in [0.05, 0.1) is 6.26 Å². The summed E-state index contributed by atoms with van der Waals surface area (Å²) in [7, 11) is 0. The molecule has 0 unspecified atom stereocenters. The van der Waals surface area contributed by atoms with E-state index < -0.39 is 24.5 Å². The van der Waals surface area contributed by atoms with E-state index >= 15 is 0 Å². The van der Waals surface area contributed by atoms with Crippen molar-refractivity contribution in [1.82, 2.24) is 10.3 Å². The van der Waals surface area contributed by atoms with Gasteiger partial charge in [-0.1, -0.05) is 39.0 Å². The number of esters is 1. The van der Waals surface area contributed by atoms with Crippen LogP contribution in [0.2, 0.25) is 0 Å². The van der Waals surface area contributed by atoms with Crippen molar-refractivity contribution in [2.75, 3.05) is 6.61 Å². The summed E-state index contributed by atoms with van der Waals surface area (Å²) in [5.41, 5.74) is 2.50. The number of benzene rings is 1. The number of ether oxygens (including phenoxy) is 1. The van der Waals surface area contributed by atoms with Crippen molar-refractivity contribution in [2.24, 2.45) is 5.92 Å². The Balaban J connectivity index is 1.67. The smallest absolute Gasteiger partial charge is 0.329 e. The normalized spacial score (nSPS) is 12.1. The van der Waals surface area contributed by atoms with Gasteiger partial charge in [0.2, 0.25) is 5.78 Å². The van der Waals surface area contributed by atoms with Crippen molar-refractivity contribution >= 4 is 28.6 Å². The fraction of sp³-hybridized carbons (Fsp3) is 0.318. The molecule has 0 saturated carbocycles. The van der Waals surface area contributed by atoms with Crippen LogP contribution in [-0.2, 0) is 16.0 Å². The first kappa shape index (κ1) is 20.4. The van der Waals surface area contributed by atoms with E-state index in [1.165, 1.54) is 12.3 Å². The molecule has 0 aliphatic carbocycles. The van der Waals surface area contributed by atoms with E-state index in [2.05, 4.69) is 10.3 Å². The number of carbonyl (C=O) groups is 3. The lowest BCUT2D eigenvalue weighted by Gasteiger charge is -2.20. The van der Waals surface area contributed by atoms with Crippen LogP contribution in [0.1, 0.15) is 47.2 Å². The molecule has 2 N–H and O–H groups in total. The molecule has 0 radical (unpaired) electrons. The van der Waals surface area contributed by atoms with Gasteiger partial charge in [0.25, 0.3) is 5.91 Å². The molecule has 0 aliphatic rings. The number of carbonyl (C=O) groups excluding carboxylic acids is 3. The molecule has 3 aromatic rings. The number of hydrogen-bond donors (Lipinski definition) is 2. The van der Waals surface area contributed by atoms with Crippen LogP contribution in [0, 0.1) is 5.92 Å². The van der Waals surface area contributed by atoms with Crippen molar-refractivity contribution in [3.8, 4) is 0 Å². The zero-order chi connectivity index (χ0) is 21.0. The fourth-order valence-electron chi connectivity index (χ4n) is 3.16. The number of hydrogen-bond acceptors (Lipinski definition) is 5. The first-order valence-electron chi connectivity index (χ1n) is 9.55. The van der Waals surface area contributed by atoms with Gasteiger partial charge in [-0.05, 0) is 30.0 Å². The van der Waals surface area contributed by atoms with Crippen LogP contribution >= 0.6 is 0 Å². The van der Waals surface area contributed by atoms with Gasteiger partial charge in [0, 0.05) is 22.7 Å². The summed E-state index contributed by atoms with van der Waals surface area (Å²) in [5, 5.41) is 3.40. The number of ketones is 1. The largest absolute Gasteiger partial charge is 0.459 e. The Bertz CT molecular complexity index is 1020. The van der Waals surface area contributed by atoms with Gasteiger partial charge in [-0.3, -0.25) is 9.59 Å². The molecule has 1 aromatic carbocycles. The van der Waals surface area contributed by atoms with Crippen molar-refractivity contribution in [1.29, 1.82) is 0 Å². The maximum absolute atomic E-state index is 12.6. The van der Waals surface area contributed by atoms with Gasteiger partial charge in [0.1, 0.15) is 6.04 Å². The molecule has 0 aliphatic heterocycles. The Morgan fingerprint density at radius 3 is 2.62 bits per heavy atom. The Labute approximate surface area is 168 Å². The number of amides is 1. The van der Waals surface area contributed by atoms with Crippen molar-refractivity contribution < 1.29 is 23.5 Å². The van der Waals surface area contributed by atoms with Crippen LogP contribution in [0.15, 0.2) is 47.2 Å². The van der Waals surface area contributed by atoms with E-state index in [1.807, 2.05) is 25.1 Å². The predicted molar refractivity (Wildman–Crippen MR) is 108 cm³/mol. The average Bonchev–Trinajstić information content (AvgIpc) is 3.39. The average molecular weight is 396 g/mol. The summed E-state index contributed by atoms with van der Waals surface area (Å²) >= 11 is 0. The van der Waals surface area contributed by atoms with Crippen molar-refractivity contribution in [3.63, 3.8) is 0 Å². The third-order valence-electron chi connectivity index (χ3n) is 4.78. The third-order valence-corrected chi connectivity index (χ3v) is 4.78. The van der Waals surface area contributed by atoms with E-state index in [0.29, 0.717) is 5.56 Å². The van der Waals surface area contributed by atoms with Gasteiger partial charge >= 0.3 is 5.97 Å². The molecule has 3 rings (SSSR count). The van der Waals surface area contributed by atoms with Crippen LogP contribution in [0.3, 0.4) is 0 Å². The zero-order valence-corrected chi connectivity index (χ0v) is 16.7. The van der Waals surface area contributed by atoms with Crippen LogP contribution in [0.4, 0.5) is 0 Å². The highest BCUT2D eigenvalue weighted by molar-refractivity contribution is 6.09. The van der Waals surface area contributed by atoms with E-state index in [9.17, 15) is 14.4 Å². The molecular weight excluding hydrogens is 372 g/mol. The second kappa shape index (κ2) is 8.77. The lowest BCUT2D eigenvalue weighted by Crippen LogP contribution is -2.45. The summed E-state index contributed by atoms with van der Waals surface area (Å²) in [6.45, 7) is 5.20. The summed E-state index contributed by atoms with van der Waals surface area (Å²) in [5.74, 6) is -1.61. The molecule has 152 valence electrons. The topological polar surface area (TPSA) is 101 Å². The second-order valence-corrected chi connectivity index (χ2v) is 7.10. The molecule has 0 saturated heterocycles. The van der Waals surface area contributed by atoms with E-state index in [0.717, 1.165) is 22.9 Å². The number of rotatable bonds is 8. The highest BCUT2D eigenvalue weighted by Crippen LogP contribution is 2.22.